The Morgan fingerprint density at radius 3 is 2.96 bits per heavy atom. The van der Waals surface area contributed by atoms with E-state index in [0.717, 1.165) is 25.3 Å². The fourth-order valence-electron chi connectivity index (χ4n) is 2.90. The number of anilines is 1. The van der Waals surface area contributed by atoms with Crippen molar-refractivity contribution in [3.63, 3.8) is 0 Å². The summed E-state index contributed by atoms with van der Waals surface area (Å²) >= 11 is 6.10. The Balaban J connectivity index is 1.83. The molecule has 1 saturated heterocycles. The Kier molecular flexibility index (Phi) is 6.54. The molecule has 0 amide bonds. The molecular formula is C17H27ClN4O. The Morgan fingerprint density at radius 1 is 1.52 bits per heavy atom. The summed E-state index contributed by atoms with van der Waals surface area (Å²) < 4.78 is 5.13. The van der Waals surface area contributed by atoms with Gasteiger partial charge in [0.25, 0.3) is 0 Å². The summed E-state index contributed by atoms with van der Waals surface area (Å²) in [5.41, 5.74) is 6.78. The Morgan fingerprint density at radius 2 is 2.30 bits per heavy atom. The maximum atomic E-state index is 6.10. The highest BCUT2D eigenvalue weighted by Crippen LogP contribution is 2.27. The molecule has 0 bridgehead atoms. The van der Waals surface area contributed by atoms with Gasteiger partial charge in [-0.05, 0) is 43.0 Å². The number of benzene rings is 1. The fourth-order valence-corrected chi connectivity index (χ4v) is 3.16. The van der Waals surface area contributed by atoms with Gasteiger partial charge in [0.1, 0.15) is 5.75 Å². The lowest BCUT2D eigenvalue weighted by Crippen LogP contribution is -2.26. The average Bonchev–Trinajstić information content (AvgIpc) is 2.92. The number of nitrogens with zero attached hydrogens (tertiary/aromatic N) is 2. The SMILES string of the molecule is COc1ccc(NC(N)=NCC2CCN(CC(C)C)C2)cc1Cl. The largest absolute Gasteiger partial charge is 0.495 e. The fraction of sp³-hybridized carbons (Fsp3) is 0.588. The highest BCUT2D eigenvalue weighted by atomic mass is 35.5. The highest BCUT2D eigenvalue weighted by molar-refractivity contribution is 6.32. The molecule has 1 aromatic rings. The predicted octanol–water partition coefficient (Wildman–Crippen LogP) is 3.05. The number of aliphatic imine (C=N–C) groups is 1. The lowest BCUT2D eigenvalue weighted by atomic mass is 10.1. The standard InChI is InChI=1S/C17H27ClN4O/c1-12(2)10-22-7-6-13(11-22)9-20-17(19)21-14-4-5-16(23-3)15(18)8-14/h4-5,8,12-13H,6-7,9-11H2,1-3H3,(H3,19,20,21). The third-order valence-corrected chi connectivity index (χ3v) is 4.23. The molecule has 1 aromatic carbocycles. The molecule has 1 unspecified atom stereocenters. The normalized spacial score (nSPS) is 19.3. The minimum Gasteiger partial charge on any atom is -0.495 e. The van der Waals surface area contributed by atoms with Crippen molar-refractivity contribution in [2.45, 2.75) is 20.3 Å². The van der Waals surface area contributed by atoms with Gasteiger partial charge in [-0.1, -0.05) is 25.4 Å². The summed E-state index contributed by atoms with van der Waals surface area (Å²) in [6.07, 6.45) is 1.19. The van der Waals surface area contributed by atoms with Crippen LogP contribution in [0.5, 0.6) is 5.75 Å². The van der Waals surface area contributed by atoms with Crippen LogP contribution in [0.15, 0.2) is 23.2 Å². The van der Waals surface area contributed by atoms with Crippen LogP contribution in [0.3, 0.4) is 0 Å². The van der Waals surface area contributed by atoms with Gasteiger partial charge < -0.3 is 20.7 Å². The minimum atomic E-state index is 0.425. The minimum absolute atomic E-state index is 0.425. The van der Waals surface area contributed by atoms with Crippen LogP contribution >= 0.6 is 11.6 Å². The first-order chi connectivity index (χ1) is 11.0. The van der Waals surface area contributed by atoms with Gasteiger partial charge in [-0.3, -0.25) is 4.99 Å². The van der Waals surface area contributed by atoms with E-state index in [1.165, 1.54) is 13.0 Å². The van der Waals surface area contributed by atoms with Gasteiger partial charge in [-0.2, -0.15) is 0 Å². The molecule has 0 aromatic heterocycles. The summed E-state index contributed by atoms with van der Waals surface area (Å²) in [6, 6.07) is 5.45. The van der Waals surface area contributed by atoms with E-state index in [2.05, 4.69) is 29.1 Å². The van der Waals surface area contributed by atoms with E-state index < -0.39 is 0 Å². The van der Waals surface area contributed by atoms with E-state index in [1.807, 2.05) is 6.07 Å². The predicted molar refractivity (Wildman–Crippen MR) is 97.5 cm³/mol. The zero-order valence-corrected chi connectivity index (χ0v) is 14.9. The number of rotatable bonds is 6. The number of hydrogen-bond donors (Lipinski definition) is 2. The summed E-state index contributed by atoms with van der Waals surface area (Å²) in [4.78, 5) is 6.98. The van der Waals surface area contributed by atoms with Crippen LogP contribution in [-0.4, -0.2) is 44.1 Å². The molecule has 0 aliphatic carbocycles. The van der Waals surface area contributed by atoms with E-state index >= 15 is 0 Å². The van der Waals surface area contributed by atoms with Crippen molar-refractivity contribution in [3.8, 4) is 5.75 Å². The molecule has 1 aliphatic heterocycles. The van der Waals surface area contributed by atoms with E-state index in [-0.39, 0.29) is 0 Å². The molecule has 6 heteroatoms. The number of ether oxygens (including phenoxy) is 1. The smallest absolute Gasteiger partial charge is 0.193 e. The van der Waals surface area contributed by atoms with E-state index in [4.69, 9.17) is 22.1 Å². The average molecular weight is 339 g/mol. The van der Waals surface area contributed by atoms with Crippen LogP contribution in [-0.2, 0) is 0 Å². The van der Waals surface area contributed by atoms with Crippen molar-refractivity contribution in [1.82, 2.24) is 4.90 Å². The van der Waals surface area contributed by atoms with Gasteiger partial charge in [0.15, 0.2) is 5.96 Å². The van der Waals surface area contributed by atoms with Crippen LogP contribution < -0.4 is 15.8 Å². The second-order valence-corrected chi connectivity index (χ2v) is 6.92. The second-order valence-electron chi connectivity index (χ2n) is 6.51. The molecule has 5 nitrogen and oxygen atoms in total. The lowest BCUT2D eigenvalue weighted by Gasteiger charge is -2.17. The zero-order chi connectivity index (χ0) is 16.8. The maximum Gasteiger partial charge on any atom is 0.193 e. The summed E-state index contributed by atoms with van der Waals surface area (Å²) in [7, 11) is 1.59. The van der Waals surface area contributed by atoms with Crippen molar-refractivity contribution in [3.05, 3.63) is 23.2 Å². The van der Waals surface area contributed by atoms with Gasteiger partial charge in [0, 0.05) is 25.3 Å². The molecule has 128 valence electrons. The van der Waals surface area contributed by atoms with Gasteiger partial charge in [-0.15, -0.1) is 0 Å². The summed E-state index contributed by atoms with van der Waals surface area (Å²) in [6.45, 7) is 8.72. The van der Waals surface area contributed by atoms with Gasteiger partial charge in [0.05, 0.1) is 12.1 Å². The third-order valence-electron chi connectivity index (χ3n) is 3.94. The summed E-state index contributed by atoms with van der Waals surface area (Å²) in [5.74, 6) is 2.37. The highest BCUT2D eigenvalue weighted by Gasteiger charge is 2.22. The molecule has 1 atom stereocenters. The number of hydrogen-bond acceptors (Lipinski definition) is 3. The van der Waals surface area contributed by atoms with E-state index in [9.17, 15) is 0 Å². The zero-order valence-electron chi connectivity index (χ0n) is 14.2. The first-order valence-corrected chi connectivity index (χ1v) is 8.48. The van der Waals surface area contributed by atoms with E-state index in [0.29, 0.717) is 28.6 Å². The summed E-state index contributed by atoms with van der Waals surface area (Å²) in [5, 5.41) is 3.62. The maximum absolute atomic E-state index is 6.10. The number of guanidine groups is 1. The monoisotopic (exact) mass is 338 g/mol. The van der Waals surface area contributed by atoms with Crippen LogP contribution in [0.1, 0.15) is 20.3 Å². The van der Waals surface area contributed by atoms with Crippen LogP contribution in [0.2, 0.25) is 5.02 Å². The number of nitrogens with two attached hydrogens (primary N) is 1. The first kappa shape index (κ1) is 17.9. The molecule has 3 N–H and O–H groups in total. The topological polar surface area (TPSA) is 62.9 Å². The van der Waals surface area contributed by atoms with Crippen LogP contribution in [0.25, 0.3) is 0 Å². The number of likely N-dealkylation sites (tertiary alicyclic amines) is 1. The number of nitrogens with one attached hydrogen (secondary N) is 1. The molecule has 0 radical (unpaired) electrons. The van der Waals surface area contributed by atoms with Crippen molar-refractivity contribution in [2.75, 3.05) is 38.6 Å². The molecule has 2 rings (SSSR count). The van der Waals surface area contributed by atoms with Gasteiger partial charge in [0.2, 0.25) is 0 Å². The number of methoxy groups -OCH3 is 1. The molecule has 1 fully saturated rings. The lowest BCUT2D eigenvalue weighted by molar-refractivity contribution is 0.288. The third kappa shape index (κ3) is 5.59. The van der Waals surface area contributed by atoms with Crippen molar-refractivity contribution in [2.24, 2.45) is 22.6 Å². The van der Waals surface area contributed by atoms with Crippen molar-refractivity contribution >= 4 is 23.2 Å². The van der Waals surface area contributed by atoms with Gasteiger partial charge >= 0.3 is 0 Å². The second kappa shape index (κ2) is 8.41. The van der Waals surface area contributed by atoms with Gasteiger partial charge in [-0.25, -0.2) is 0 Å². The van der Waals surface area contributed by atoms with Crippen molar-refractivity contribution in [1.29, 1.82) is 0 Å². The first-order valence-electron chi connectivity index (χ1n) is 8.10. The molecule has 23 heavy (non-hydrogen) atoms. The van der Waals surface area contributed by atoms with Crippen LogP contribution in [0.4, 0.5) is 5.69 Å². The number of halogens is 1. The van der Waals surface area contributed by atoms with E-state index in [1.54, 1.807) is 19.2 Å². The molecule has 1 heterocycles. The molecule has 0 spiro atoms. The van der Waals surface area contributed by atoms with Crippen LogP contribution in [0, 0.1) is 11.8 Å². The van der Waals surface area contributed by atoms with Crippen molar-refractivity contribution < 1.29 is 4.74 Å². The molecule has 1 aliphatic rings. The molecular weight excluding hydrogens is 312 g/mol. The quantitative estimate of drug-likeness (QED) is 0.618. The Hall–Kier alpha value is -1.46. The Bertz CT molecular complexity index is 547. The Labute approximate surface area is 143 Å². The molecule has 0 saturated carbocycles.